The molecule has 6 heteroatoms. The minimum absolute atomic E-state index is 0.108. The van der Waals surface area contributed by atoms with Crippen molar-refractivity contribution in [1.29, 1.82) is 0 Å². The number of phenolic OH excluding ortho intramolecular Hbond substituents is 1. The number of fused-ring (bicyclic) bond motifs is 1. The van der Waals surface area contributed by atoms with Crippen molar-refractivity contribution >= 4 is 16.8 Å². The molecule has 0 radical (unpaired) electrons. The SMILES string of the molecule is O=C(c1cnc2[nH]n(-c3ccccc3)c(=O)c2c1)c1ccccc1O. The number of para-hydroxylation sites is 2. The van der Waals surface area contributed by atoms with Crippen LogP contribution in [0.1, 0.15) is 15.9 Å². The van der Waals surface area contributed by atoms with Gasteiger partial charge in [-0.3, -0.25) is 14.7 Å². The van der Waals surface area contributed by atoms with Gasteiger partial charge in [0.15, 0.2) is 11.4 Å². The summed E-state index contributed by atoms with van der Waals surface area (Å²) < 4.78 is 1.38. The van der Waals surface area contributed by atoms with E-state index in [1.165, 1.54) is 29.1 Å². The van der Waals surface area contributed by atoms with E-state index in [0.29, 0.717) is 16.7 Å². The average Bonchev–Trinajstić information content (AvgIpc) is 2.98. The van der Waals surface area contributed by atoms with Crippen LogP contribution in [0.25, 0.3) is 16.7 Å². The van der Waals surface area contributed by atoms with Crippen LogP contribution in [-0.4, -0.2) is 25.7 Å². The Labute approximate surface area is 142 Å². The third-order valence-corrected chi connectivity index (χ3v) is 3.96. The van der Waals surface area contributed by atoms with E-state index in [1.807, 2.05) is 18.2 Å². The molecule has 4 rings (SSSR count). The largest absolute Gasteiger partial charge is 0.507 e. The first-order chi connectivity index (χ1) is 12.1. The molecule has 4 aromatic rings. The van der Waals surface area contributed by atoms with Crippen LogP contribution in [0.15, 0.2) is 71.7 Å². The highest BCUT2D eigenvalue weighted by Gasteiger charge is 2.16. The number of phenols is 1. The molecule has 2 aromatic heterocycles. The maximum Gasteiger partial charge on any atom is 0.280 e. The van der Waals surface area contributed by atoms with E-state index in [0.717, 1.165) is 0 Å². The van der Waals surface area contributed by atoms with Gasteiger partial charge in [-0.25, -0.2) is 9.67 Å². The van der Waals surface area contributed by atoms with Gasteiger partial charge in [-0.1, -0.05) is 30.3 Å². The summed E-state index contributed by atoms with van der Waals surface area (Å²) in [6.45, 7) is 0. The molecule has 0 spiro atoms. The van der Waals surface area contributed by atoms with Crippen LogP contribution < -0.4 is 5.56 Å². The maximum atomic E-state index is 12.6. The molecule has 0 saturated heterocycles. The van der Waals surface area contributed by atoms with Crippen LogP contribution in [0, 0.1) is 0 Å². The standard InChI is InChI=1S/C19H13N3O3/c23-16-9-5-4-8-14(16)17(24)12-10-15-18(20-11-12)21-22(19(15)25)13-6-2-1-3-7-13/h1-11,23H,(H,20,21). The van der Waals surface area contributed by atoms with Crippen LogP contribution in [-0.2, 0) is 0 Å². The van der Waals surface area contributed by atoms with E-state index >= 15 is 0 Å². The third kappa shape index (κ3) is 2.49. The highest BCUT2D eigenvalue weighted by molar-refractivity contribution is 6.11. The number of hydrogen-bond acceptors (Lipinski definition) is 4. The van der Waals surface area contributed by atoms with E-state index in [2.05, 4.69) is 10.1 Å². The Morgan fingerprint density at radius 2 is 1.76 bits per heavy atom. The van der Waals surface area contributed by atoms with Crippen LogP contribution >= 0.6 is 0 Å². The molecule has 0 unspecified atom stereocenters. The lowest BCUT2D eigenvalue weighted by molar-refractivity contribution is 0.103. The summed E-state index contributed by atoms with van der Waals surface area (Å²) in [6.07, 6.45) is 1.39. The van der Waals surface area contributed by atoms with Crippen molar-refractivity contribution in [2.45, 2.75) is 0 Å². The minimum atomic E-state index is -0.389. The van der Waals surface area contributed by atoms with Gasteiger partial charge >= 0.3 is 0 Å². The fraction of sp³-hybridized carbons (Fsp3) is 0. The fourth-order valence-corrected chi connectivity index (χ4v) is 2.70. The lowest BCUT2D eigenvalue weighted by Gasteiger charge is -2.02. The molecule has 2 heterocycles. The second-order valence-electron chi connectivity index (χ2n) is 5.55. The highest BCUT2D eigenvalue weighted by atomic mass is 16.3. The quantitative estimate of drug-likeness (QED) is 0.565. The van der Waals surface area contributed by atoms with Gasteiger partial charge in [-0.15, -0.1) is 0 Å². The molecule has 2 N–H and O–H groups in total. The van der Waals surface area contributed by atoms with Crippen molar-refractivity contribution in [1.82, 2.24) is 14.8 Å². The predicted molar refractivity (Wildman–Crippen MR) is 93.2 cm³/mol. The van der Waals surface area contributed by atoms with Gasteiger partial charge in [0, 0.05) is 11.8 Å². The number of hydrogen-bond donors (Lipinski definition) is 2. The Morgan fingerprint density at radius 3 is 2.52 bits per heavy atom. The van der Waals surface area contributed by atoms with Gasteiger partial charge in [-0.2, -0.15) is 0 Å². The fourth-order valence-electron chi connectivity index (χ4n) is 2.70. The van der Waals surface area contributed by atoms with Gasteiger partial charge in [-0.05, 0) is 30.3 Å². The number of pyridine rings is 1. The molecule has 25 heavy (non-hydrogen) atoms. The number of rotatable bonds is 3. The van der Waals surface area contributed by atoms with E-state index in [9.17, 15) is 14.7 Å². The van der Waals surface area contributed by atoms with Crippen molar-refractivity contribution in [3.8, 4) is 11.4 Å². The summed E-state index contributed by atoms with van der Waals surface area (Å²) in [4.78, 5) is 29.4. The monoisotopic (exact) mass is 331 g/mol. The van der Waals surface area contributed by atoms with Gasteiger partial charge in [0.05, 0.1) is 16.6 Å². The van der Waals surface area contributed by atoms with Gasteiger partial charge < -0.3 is 5.11 Å². The average molecular weight is 331 g/mol. The van der Waals surface area contributed by atoms with E-state index < -0.39 is 0 Å². The Kier molecular flexibility index (Phi) is 3.43. The van der Waals surface area contributed by atoms with Crippen LogP contribution in [0.2, 0.25) is 0 Å². The second-order valence-corrected chi connectivity index (χ2v) is 5.55. The summed E-state index contributed by atoms with van der Waals surface area (Å²) in [5, 5.41) is 13.1. The van der Waals surface area contributed by atoms with Gasteiger partial charge in [0.1, 0.15) is 5.75 Å². The van der Waals surface area contributed by atoms with Gasteiger partial charge in [0.2, 0.25) is 0 Å². The highest BCUT2D eigenvalue weighted by Crippen LogP contribution is 2.20. The Hall–Kier alpha value is -3.67. The molecular formula is C19H13N3O3. The summed E-state index contributed by atoms with van der Waals surface area (Å²) in [7, 11) is 0. The third-order valence-electron chi connectivity index (χ3n) is 3.96. The number of H-pyrrole nitrogens is 1. The summed E-state index contributed by atoms with van der Waals surface area (Å²) in [6, 6.07) is 16.9. The van der Waals surface area contributed by atoms with Crippen LogP contribution in [0.3, 0.4) is 0 Å². The lowest BCUT2D eigenvalue weighted by Crippen LogP contribution is -2.14. The number of ketones is 1. The first kappa shape index (κ1) is 14.9. The molecule has 0 amide bonds. The van der Waals surface area contributed by atoms with Gasteiger partial charge in [0.25, 0.3) is 5.56 Å². The summed E-state index contributed by atoms with van der Waals surface area (Å²) in [5.41, 5.74) is 1.19. The molecule has 0 aliphatic rings. The smallest absolute Gasteiger partial charge is 0.280 e. The Morgan fingerprint density at radius 1 is 1.04 bits per heavy atom. The molecule has 0 atom stereocenters. The molecule has 0 saturated carbocycles. The molecule has 2 aromatic carbocycles. The van der Waals surface area contributed by atoms with Crippen molar-refractivity contribution in [3.05, 3.63) is 88.3 Å². The molecule has 0 aliphatic heterocycles. The number of nitrogens with zero attached hydrogens (tertiary/aromatic N) is 2. The zero-order valence-electron chi connectivity index (χ0n) is 13.0. The van der Waals surface area contributed by atoms with Crippen molar-refractivity contribution in [2.24, 2.45) is 0 Å². The number of aromatic nitrogens is 3. The molecule has 0 aliphatic carbocycles. The molecule has 6 nitrogen and oxygen atoms in total. The van der Waals surface area contributed by atoms with E-state index in [1.54, 1.807) is 24.3 Å². The number of aromatic amines is 1. The Balaban J connectivity index is 1.84. The van der Waals surface area contributed by atoms with Crippen LogP contribution in [0.4, 0.5) is 0 Å². The zero-order chi connectivity index (χ0) is 17.4. The van der Waals surface area contributed by atoms with Crippen molar-refractivity contribution in [2.75, 3.05) is 0 Å². The second kappa shape index (κ2) is 5.76. The molecular weight excluding hydrogens is 318 g/mol. The summed E-state index contributed by atoms with van der Waals surface area (Å²) >= 11 is 0. The molecule has 0 fully saturated rings. The number of nitrogens with one attached hydrogen (secondary N) is 1. The minimum Gasteiger partial charge on any atom is -0.507 e. The Bertz CT molecular complexity index is 1140. The summed E-state index contributed by atoms with van der Waals surface area (Å²) in [5.74, 6) is -0.497. The topological polar surface area (TPSA) is 88.0 Å². The molecule has 122 valence electrons. The maximum absolute atomic E-state index is 12.6. The van der Waals surface area contributed by atoms with Crippen LogP contribution in [0.5, 0.6) is 5.75 Å². The van der Waals surface area contributed by atoms with E-state index in [4.69, 9.17) is 0 Å². The van der Waals surface area contributed by atoms with Crippen molar-refractivity contribution in [3.63, 3.8) is 0 Å². The first-order valence-electron chi connectivity index (χ1n) is 7.64. The van der Waals surface area contributed by atoms with Crippen molar-refractivity contribution < 1.29 is 9.90 Å². The molecule has 0 bridgehead atoms. The number of benzene rings is 2. The van der Waals surface area contributed by atoms with E-state index in [-0.39, 0.29) is 28.2 Å². The lowest BCUT2D eigenvalue weighted by atomic mass is 10.0. The zero-order valence-corrected chi connectivity index (χ0v) is 13.0. The number of carbonyl (C=O) groups excluding carboxylic acids is 1. The normalized spacial score (nSPS) is 10.9. The number of aromatic hydroxyl groups is 1. The predicted octanol–water partition coefficient (Wildman–Crippen LogP) is 2.65. The first-order valence-corrected chi connectivity index (χ1v) is 7.64. The number of carbonyl (C=O) groups is 1.